The van der Waals surface area contributed by atoms with Gasteiger partial charge in [-0.25, -0.2) is 0 Å². The van der Waals surface area contributed by atoms with E-state index in [1.807, 2.05) is 36.4 Å². The minimum Gasteiger partial charge on any atom is -0.481 e. The summed E-state index contributed by atoms with van der Waals surface area (Å²) < 4.78 is 0. The minimum atomic E-state index is -0.800. The molecule has 0 heterocycles. The maximum absolute atomic E-state index is 10.6. The minimum absolute atomic E-state index is 0.0751. The Balaban J connectivity index is 1.92. The van der Waals surface area contributed by atoms with Gasteiger partial charge in [-0.3, -0.25) is 4.79 Å². The number of hydrogen-bond donors (Lipinski definition) is 2. The average molecular weight is 255 g/mol. The van der Waals surface area contributed by atoms with Gasteiger partial charge in [0, 0.05) is 12.2 Å². The quantitative estimate of drug-likeness (QED) is 0.862. The van der Waals surface area contributed by atoms with Crippen molar-refractivity contribution < 1.29 is 9.90 Å². The summed E-state index contributed by atoms with van der Waals surface area (Å²) in [5, 5.41) is 12.0. The van der Waals surface area contributed by atoms with Gasteiger partial charge in [-0.2, -0.15) is 0 Å². The Bertz CT molecular complexity index is 544. The second-order valence-electron chi connectivity index (χ2n) is 4.61. The Morgan fingerprint density at radius 2 is 1.58 bits per heavy atom. The smallest absolute Gasteiger partial charge is 0.307 e. The summed E-state index contributed by atoms with van der Waals surface area (Å²) in [6.45, 7) is 2.79. The Labute approximate surface area is 112 Å². The van der Waals surface area contributed by atoms with Crippen molar-refractivity contribution in [3.63, 3.8) is 0 Å². The summed E-state index contributed by atoms with van der Waals surface area (Å²) in [6.07, 6.45) is 0.0751. The van der Waals surface area contributed by atoms with Gasteiger partial charge in [0.15, 0.2) is 0 Å². The lowest BCUT2D eigenvalue weighted by molar-refractivity contribution is -0.136. The van der Waals surface area contributed by atoms with Crippen LogP contribution in [0.25, 0.3) is 0 Å². The van der Waals surface area contributed by atoms with E-state index in [0.717, 1.165) is 23.4 Å². The van der Waals surface area contributed by atoms with Crippen LogP contribution in [0, 0.1) is 6.92 Å². The summed E-state index contributed by atoms with van der Waals surface area (Å²) in [5.41, 5.74) is 4.28. The first-order valence-corrected chi connectivity index (χ1v) is 6.23. The molecule has 2 rings (SSSR count). The molecule has 2 aromatic carbocycles. The molecule has 0 radical (unpaired) electrons. The number of carboxylic acids is 1. The van der Waals surface area contributed by atoms with Crippen LogP contribution in [0.2, 0.25) is 0 Å². The third kappa shape index (κ3) is 4.14. The molecule has 0 aliphatic heterocycles. The molecule has 3 nitrogen and oxygen atoms in total. The molecule has 0 unspecified atom stereocenters. The molecule has 19 heavy (non-hydrogen) atoms. The van der Waals surface area contributed by atoms with E-state index >= 15 is 0 Å². The van der Waals surface area contributed by atoms with E-state index in [2.05, 4.69) is 24.4 Å². The molecule has 0 atom stereocenters. The number of aliphatic carboxylic acids is 1. The van der Waals surface area contributed by atoms with Gasteiger partial charge >= 0.3 is 5.97 Å². The van der Waals surface area contributed by atoms with Crippen LogP contribution in [-0.2, 0) is 17.8 Å². The van der Waals surface area contributed by atoms with E-state index in [9.17, 15) is 4.79 Å². The van der Waals surface area contributed by atoms with Crippen molar-refractivity contribution in [3.8, 4) is 0 Å². The van der Waals surface area contributed by atoms with Gasteiger partial charge in [0.1, 0.15) is 0 Å². The van der Waals surface area contributed by atoms with E-state index < -0.39 is 5.97 Å². The third-order valence-corrected chi connectivity index (χ3v) is 2.93. The standard InChI is InChI=1S/C16H17NO2/c1-12-2-8-15(9-3-12)17-11-14-6-4-13(5-7-14)10-16(18)19/h2-9,17H,10-11H2,1H3,(H,18,19). The molecule has 2 N–H and O–H groups in total. The number of benzene rings is 2. The zero-order valence-corrected chi connectivity index (χ0v) is 10.9. The summed E-state index contributed by atoms with van der Waals surface area (Å²) in [5.74, 6) is -0.800. The number of carbonyl (C=O) groups is 1. The molecule has 2 aromatic rings. The van der Waals surface area contributed by atoms with Crippen molar-refractivity contribution in [1.82, 2.24) is 0 Å². The van der Waals surface area contributed by atoms with Crippen LogP contribution < -0.4 is 5.32 Å². The molecule has 0 aromatic heterocycles. The maximum atomic E-state index is 10.6. The van der Waals surface area contributed by atoms with Crippen molar-refractivity contribution in [2.24, 2.45) is 0 Å². The Kier molecular flexibility index (Phi) is 4.18. The van der Waals surface area contributed by atoms with Gasteiger partial charge in [0.2, 0.25) is 0 Å². The van der Waals surface area contributed by atoms with Gasteiger partial charge in [-0.15, -0.1) is 0 Å². The summed E-state index contributed by atoms with van der Waals surface area (Å²) in [7, 11) is 0. The molecule has 0 fully saturated rings. The third-order valence-electron chi connectivity index (χ3n) is 2.93. The summed E-state index contributed by atoms with van der Waals surface area (Å²) in [6, 6.07) is 15.9. The van der Waals surface area contributed by atoms with Crippen molar-refractivity contribution in [3.05, 3.63) is 65.2 Å². The molecule has 0 spiro atoms. The predicted octanol–water partition coefficient (Wildman–Crippen LogP) is 3.23. The number of anilines is 1. The molecule has 98 valence electrons. The van der Waals surface area contributed by atoms with Crippen molar-refractivity contribution in [1.29, 1.82) is 0 Å². The zero-order chi connectivity index (χ0) is 13.7. The molecule has 0 saturated heterocycles. The van der Waals surface area contributed by atoms with Crippen LogP contribution in [0.5, 0.6) is 0 Å². The van der Waals surface area contributed by atoms with Crippen molar-refractivity contribution in [2.45, 2.75) is 19.9 Å². The first-order chi connectivity index (χ1) is 9.13. The van der Waals surface area contributed by atoms with Gasteiger partial charge in [-0.1, -0.05) is 42.0 Å². The van der Waals surface area contributed by atoms with E-state index in [4.69, 9.17) is 5.11 Å². The van der Waals surface area contributed by atoms with Crippen LogP contribution >= 0.6 is 0 Å². The Morgan fingerprint density at radius 3 is 2.16 bits per heavy atom. The first-order valence-electron chi connectivity index (χ1n) is 6.23. The summed E-state index contributed by atoms with van der Waals surface area (Å²) in [4.78, 5) is 10.6. The maximum Gasteiger partial charge on any atom is 0.307 e. The molecule has 0 saturated carbocycles. The molecular weight excluding hydrogens is 238 g/mol. The highest BCUT2D eigenvalue weighted by Gasteiger charge is 2.00. The molecule has 0 aliphatic rings. The fourth-order valence-electron chi connectivity index (χ4n) is 1.83. The normalized spacial score (nSPS) is 10.2. The molecular formula is C16H17NO2. The van der Waals surface area contributed by atoms with Crippen LogP contribution in [0.15, 0.2) is 48.5 Å². The van der Waals surface area contributed by atoms with Crippen molar-refractivity contribution in [2.75, 3.05) is 5.32 Å². The van der Waals surface area contributed by atoms with E-state index in [-0.39, 0.29) is 6.42 Å². The van der Waals surface area contributed by atoms with Crippen LogP contribution in [0.4, 0.5) is 5.69 Å². The summed E-state index contributed by atoms with van der Waals surface area (Å²) >= 11 is 0. The van der Waals surface area contributed by atoms with Gasteiger partial charge in [0.25, 0.3) is 0 Å². The second kappa shape index (κ2) is 6.05. The van der Waals surface area contributed by atoms with Gasteiger partial charge in [0.05, 0.1) is 6.42 Å². The Morgan fingerprint density at radius 1 is 1.00 bits per heavy atom. The lowest BCUT2D eigenvalue weighted by atomic mass is 10.1. The largest absolute Gasteiger partial charge is 0.481 e. The highest BCUT2D eigenvalue weighted by Crippen LogP contribution is 2.11. The molecule has 3 heteroatoms. The SMILES string of the molecule is Cc1ccc(NCc2ccc(CC(=O)O)cc2)cc1. The van der Waals surface area contributed by atoms with Crippen molar-refractivity contribution >= 4 is 11.7 Å². The molecule has 0 aliphatic carbocycles. The van der Waals surface area contributed by atoms with Gasteiger partial charge in [-0.05, 0) is 30.2 Å². The highest BCUT2D eigenvalue weighted by atomic mass is 16.4. The fourth-order valence-corrected chi connectivity index (χ4v) is 1.83. The molecule has 0 bridgehead atoms. The lowest BCUT2D eigenvalue weighted by Crippen LogP contribution is -2.02. The first kappa shape index (κ1) is 13.1. The van der Waals surface area contributed by atoms with Crippen LogP contribution in [0.1, 0.15) is 16.7 Å². The number of carboxylic acid groups (broad SMARTS) is 1. The Hall–Kier alpha value is -2.29. The number of nitrogens with one attached hydrogen (secondary N) is 1. The van der Waals surface area contributed by atoms with E-state index in [1.54, 1.807) is 0 Å². The zero-order valence-electron chi connectivity index (χ0n) is 10.9. The predicted molar refractivity (Wildman–Crippen MR) is 76.3 cm³/mol. The topological polar surface area (TPSA) is 49.3 Å². The van der Waals surface area contributed by atoms with Crippen LogP contribution in [-0.4, -0.2) is 11.1 Å². The van der Waals surface area contributed by atoms with Gasteiger partial charge < -0.3 is 10.4 Å². The van der Waals surface area contributed by atoms with Crippen LogP contribution in [0.3, 0.4) is 0 Å². The number of aryl methyl sites for hydroxylation is 1. The lowest BCUT2D eigenvalue weighted by Gasteiger charge is -2.07. The highest BCUT2D eigenvalue weighted by molar-refractivity contribution is 5.70. The average Bonchev–Trinajstić information content (AvgIpc) is 2.39. The molecule has 0 amide bonds. The monoisotopic (exact) mass is 255 g/mol. The number of hydrogen-bond acceptors (Lipinski definition) is 2. The number of rotatable bonds is 5. The second-order valence-corrected chi connectivity index (χ2v) is 4.61. The fraction of sp³-hybridized carbons (Fsp3) is 0.188. The van der Waals surface area contributed by atoms with E-state index in [0.29, 0.717) is 0 Å². The van der Waals surface area contributed by atoms with E-state index in [1.165, 1.54) is 5.56 Å².